The van der Waals surface area contributed by atoms with Gasteiger partial charge in [0.15, 0.2) is 5.82 Å². The first-order chi connectivity index (χ1) is 14.6. The molecule has 1 amide bonds. The number of benzene rings is 2. The number of fused-ring (bicyclic) bond motifs is 1. The van der Waals surface area contributed by atoms with E-state index in [1.807, 2.05) is 12.1 Å². The quantitative estimate of drug-likeness (QED) is 0.487. The third kappa shape index (κ3) is 3.72. The Labute approximate surface area is 173 Å². The summed E-state index contributed by atoms with van der Waals surface area (Å²) in [6.07, 6.45) is 0. The average Bonchev–Trinajstić information content (AvgIpc) is 2.82. The molecular formula is C21H22N4O5. The van der Waals surface area contributed by atoms with Crippen molar-refractivity contribution in [3.8, 4) is 22.9 Å². The zero-order chi connectivity index (χ0) is 21.1. The van der Waals surface area contributed by atoms with Crippen LogP contribution in [0.25, 0.3) is 22.3 Å². The molecule has 1 saturated heterocycles. The first-order valence-electron chi connectivity index (χ1n) is 9.46. The highest BCUT2D eigenvalue weighted by Crippen LogP contribution is 2.37. The highest BCUT2D eigenvalue weighted by atomic mass is 16.5. The van der Waals surface area contributed by atoms with E-state index in [-0.39, 0.29) is 0 Å². The molecule has 2 heterocycles. The predicted octanol–water partition coefficient (Wildman–Crippen LogP) is 2.27. The molecule has 0 atom stereocenters. The van der Waals surface area contributed by atoms with Crippen molar-refractivity contribution in [2.75, 3.05) is 45.4 Å². The van der Waals surface area contributed by atoms with E-state index in [4.69, 9.17) is 29.4 Å². The van der Waals surface area contributed by atoms with Gasteiger partial charge in [-0.15, -0.1) is 0 Å². The molecule has 0 unspecified atom stereocenters. The number of nitrogens with zero attached hydrogens (tertiary/aromatic N) is 3. The fourth-order valence-corrected chi connectivity index (χ4v) is 3.43. The van der Waals surface area contributed by atoms with E-state index in [1.165, 1.54) is 0 Å². The molecule has 9 nitrogen and oxygen atoms in total. The smallest absolute Gasteiger partial charge is 0.274 e. The maximum Gasteiger partial charge on any atom is 0.274 e. The zero-order valence-electron chi connectivity index (χ0n) is 16.7. The van der Waals surface area contributed by atoms with Crippen LogP contribution in [0.2, 0.25) is 0 Å². The van der Waals surface area contributed by atoms with Crippen LogP contribution in [0.5, 0.6) is 11.5 Å². The lowest BCUT2D eigenvalue weighted by atomic mass is 10.1. The molecule has 2 aromatic carbocycles. The van der Waals surface area contributed by atoms with Crippen molar-refractivity contribution in [1.82, 2.24) is 15.4 Å². The number of carbonyl (C=O) groups is 1. The van der Waals surface area contributed by atoms with Crippen molar-refractivity contribution in [3.05, 3.63) is 42.0 Å². The van der Waals surface area contributed by atoms with E-state index in [9.17, 15) is 4.79 Å². The summed E-state index contributed by atoms with van der Waals surface area (Å²) in [4.78, 5) is 23.3. The van der Waals surface area contributed by atoms with Gasteiger partial charge < -0.3 is 19.1 Å². The Morgan fingerprint density at radius 3 is 2.47 bits per heavy atom. The van der Waals surface area contributed by atoms with Crippen LogP contribution in [-0.2, 0) is 4.74 Å². The summed E-state index contributed by atoms with van der Waals surface area (Å²) in [5.74, 6) is 1.95. The summed E-state index contributed by atoms with van der Waals surface area (Å²) in [6.45, 7) is 2.64. The monoisotopic (exact) mass is 410 g/mol. The number of rotatable bonds is 5. The number of hydroxylamine groups is 1. The third-order valence-electron chi connectivity index (χ3n) is 4.99. The maximum atomic E-state index is 11.6. The maximum absolute atomic E-state index is 11.6. The van der Waals surface area contributed by atoms with Crippen LogP contribution in [0.1, 0.15) is 10.4 Å². The highest BCUT2D eigenvalue weighted by Gasteiger charge is 2.21. The second-order valence-electron chi connectivity index (χ2n) is 6.71. The summed E-state index contributed by atoms with van der Waals surface area (Å²) in [7, 11) is 3.20. The van der Waals surface area contributed by atoms with Gasteiger partial charge in [-0.1, -0.05) is 12.1 Å². The molecule has 0 spiro atoms. The zero-order valence-corrected chi connectivity index (χ0v) is 16.7. The molecule has 3 aromatic rings. The van der Waals surface area contributed by atoms with E-state index in [0.29, 0.717) is 54.7 Å². The first-order valence-corrected chi connectivity index (χ1v) is 9.46. The highest BCUT2D eigenvalue weighted by molar-refractivity contribution is 5.97. The van der Waals surface area contributed by atoms with Gasteiger partial charge in [0.1, 0.15) is 17.3 Å². The van der Waals surface area contributed by atoms with E-state index in [2.05, 4.69) is 4.90 Å². The van der Waals surface area contributed by atoms with Crippen LogP contribution < -0.4 is 19.9 Å². The van der Waals surface area contributed by atoms with Gasteiger partial charge in [-0.25, -0.2) is 15.4 Å². The number of hydrogen-bond donors (Lipinski definition) is 2. The number of methoxy groups -OCH3 is 2. The number of aromatic nitrogens is 2. The van der Waals surface area contributed by atoms with Gasteiger partial charge in [0.25, 0.3) is 5.91 Å². The van der Waals surface area contributed by atoms with Crippen molar-refractivity contribution in [1.29, 1.82) is 0 Å². The fraction of sp³-hybridized carbons (Fsp3) is 0.286. The SMILES string of the molecule is COc1cc(OC)c2c(N3CCOCC3)nc(-c3ccc(C(=O)NO)cc3)nc2c1. The number of nitrogens with one attached hydrogen (secondary N) is 1. The van der Waals surface area contributed by atoms with Crippen LogP contribution in [0.15, 0.2) is 36.4 Å². The lowest BCUT2D eigenvalue weighted by Gasteiger charge is -2.29. The lowest BCUT2D eigenvalue weighted by Crippen LogP contribution is -2.37. The van der Waals surface area contributed by atoms with Crippen molar-refractivity contribution >= 4 is 22.6 Å². The predicted molar refractivity (Wildman–Crippen MR) is 110 cm³/mol. The minimum atomic E-state index is -0.579. The van der Waals surface area contributed by atoms with Gasteiger partial charge in [0.2, 0.25) is 0 Å². The van der Waals surface area contributed by atoms with Crippen molar-refractivity contribution in [2.24, 2.45) is 0 Å². The molecule has 156 valence electrons. The Hall–Kier alpha value is -3.43. The fourth-order valence-electron chi connectivity index (χ4n) is 3.43. The summed E-state index contributed by atoms with van der Waals surface area (Å²) < 4.78 is 16.5. The number of ether oxygens (including phenoxy) is 3. The topological polar surface area (TPSA) is 106 Å². The molecule has 1 aromatic heterocycles. The number of anilines is 1. The summed E-state index contributed by atoms with van der Waals surface area (Å²) in [5.41, 5.74) is 3.39. The van der Waals surface area contributed by atoms with Gasteiger partial charge in [-0.05, 0) is 12.1 Å². The summed E-state index contributed by atoms with van der Waals surface area (Å²) >= 11 is 0. The molecule has 30 heavy (non-hydrogen) atoms. The van der Waals surface area contributed by atoms with E-state index >= 15 is 0 Å². The molecule has 0 bridgehead atoms. The molecule has 1 aliphatic rings. The number of amides is 1. The number of morpholine rings is 1. The van der Waals surface area contributed by atoms with Crippen molar-refractivity contribution < 1.29 is 24.2 Å². The van der Waals surface area contributed by atoms with Gasteiger partial charge in [0, 0.05) is 36.3 Å². The van der Waals surface area contributed by atoms with Crippen LogP contribution in [0, 0.1) is 0 Å². The molecule has 0 radical (unpaired) electrons. The largest absolute Gasteiger partial charge is 0.497 e. The summed E-state index contributed by atoms with van der Waals surface area (Å²) in [5, 5.41) is 9.61. The molecular weight excluding hydrogens is 388 g/mol. The Morgan fingerprint density at radius 2 is 1.83 bits per heavy atom. The minimum Gasteiger partial charge on any atom is -0.497 e. The number of hydrogen-bond acceptors (Lipinski definition) is 8. The molecule has 1 fully saturated rings. The second kappa shape index (κ2) is 8.52. The Balaban J connectivity index is 1.89. The van der Waals surface area contributed by atoms with E-state index in [0.717, 1.165) is 16.8 Å². The van der Waals surface area contributed by atoms with Gasteiger partial charge >= 0.3 is 0 Å². The Kier molecular flexibility index (Phi) is 5.64. The van der Waals surface area contributed by atoms with Crippen LogP contribution in [0.3, 0.4) is 0 Å². The molecule has 0 saturated carbocycles. The molecule has 4 rings (SSSR count). The van der Waals surface area contributed by atoms with Crippen molar-refractivity contribution in [2.45, 2.75) is 0 Å². The lowest BCUT2D eigenvalue weighted by molar-refractivity contribution is 0.0706. The van der Waals surface area contributed by atoms with Gasteiger partial charge in [-0.2, -0.15) is 0 Å². The molecule has 0 aliphatic carbocycles. The normalized spacial score (nSPS) is 13.9. The summed E-state index contributed by atoms with van der Waals surface area (Å²) in [6, 6.07) is 10.4. The standard InChI is InChI=1S/C21H22N4O5/c1-28-15-11-16-18(17(12-15)29-2)20(25-7-9-30-10-8-25)23-19(22-16)13-3-5-14(6-4-13)21(26)24-27/h3-6,11-12,27H,7-10H2,1-2H3,(H,24,26). The van der Waals surface area contributed by atoms with E-state index < -0.39 is 5.91 Å². The third-order valence-corrected chi connectivity index (χ3v) is 4.99. The van der Waals surface area contributed by atoms with Gasteiger partial charge in [0.05, 0.1) is 38.3 Å². The molecule has 2 N–H and O–H groups in total. The van der Waals surface area contributed by atoms with Crippen molar-refractivity contribution in [3.63, 3.8) is 0 Å². The minimum absolute atomic E-state index is 0.332. The van der Waals surface area contributed by atoms with Crippen LogP contribution >= 0.6 is 0 Å². The molecule has 9 heteroatoms. The Bertz CT molecular complexity index is 1070. The second-order valence-corrected chi connectivity index (χ2v) is 6.71. The number of carbonyl (C=O) groups excluding carboxylic acids is 1. The van der Waals surface area contributed by atoms with Crippen LogP contribution in [0.4, 0.5) is 5.82 Å². The molecule has 1 aliphatic heterocycles. The van der Waals surface area contributed by atoms with E-state index in [1.54, 1.807) is 44.0 Å². The Morgan fingerprint density at radius 1 is 1.10 bits per heavy atom. The van der Waals surface area contributed by atoms with Crippen LogP contribution in [-0.4, -0.2) is 61.6 Å². The average molecular weight is 410 g/mol. The van der Waals surface area contributed by atoms with Gasteiger partial charge in [-0.3, -0.25) is 10.0 Å². The first kappa shape index (κ1) is 19.9.